The topological polar surface area (TPSA) is 63.6 Å². The van der Waals surface area contributed by atoms with E-state index in [1.54, 1.807) is 6.08 Å². The Bertz CT molecular complexity index is 305. The summed E-state index contributed by atoms with van der Waals surface area (Å²) in [5.74, 6) is -0.959. The van der Waals surface area contributed by atoms with Gasteiger partial charge in [0.05, 0.1) is 6.26 Å². The molecule has 0 aliphatic heterocycles. The van der Waals surface area contributed by atoms with E-state index < -0.39 is 5.97 Å². The molecule has 0 fully saturated rings. The van der Waals surface area contributed by atoms with Gasteiger partial charge in [-0.2, -0.15) is 0 Å². The Morgan fingerprint density at radius 1 is 1.00 bits per heavy atom. The number of hydrogen-bond donors (Lipinski definition) is 1. The van der Waals surface area contributed by atoms with Gasteiger partial charge in [0.25, 0.3) is 0 Å². The van der Waals surface area contributed by atoms with E-state index >= 15 is 0 Å². The number of allylic oxidation sites excluding steroid dienone is 3. The molecule has 0 unspecified atom stereocenters. The van der Waals surface area contributed by atoms with Gasteiger partial charge in [-0.25, -0.2) is 0 Å². The molecule has 0 spiro atoms. The SMILES string of the molecule is CCC=CC=COC(=O)CCCCCCCC(=O)O. The van der Waals surface area contributed by atoms with E-state index in [-0.39, 0.29) is 12.4 Å². The lowest BCUT2D eigenvalue weighted by Crippen LogP contribution is -1.99. The predicted molar refractivity (Wildman–Crippen MR) is 74.6 cm³/mol. The Kier molecular flexibility index (Phi) is 11.8. The molecule has 0 rings (SSSR count). The lowest BCUT2D eigenvalue weighted by atomic mass is 10.1. The van der Waals surface area contributed by atoms with E-state index in [2.05, 4.69) is 0 Å². The monoisotopic (exact) mass is 268 g/mol. The second-order valence-electron chi connectivity index (χ2n) is 4.32. The average molecular weight is 268 g/mol. The van der Waals surface area contributed by atoms with E-state index in [9.17, 15) is 9.59 Å². The molecule has 0 saturated heterocycles. The van der Waals surface area contributed by atoms with Gasteiger partial charge in [-0.15, -0.1) is 0 Å². The maximum absolute atomic E-state index is 11.3. The standard InChI is InChI=1S/C15H24O4/c1-2-3-4-10-13-19-15(18)12-9-7-5-6-8-11-14(16)17/h3-4,10,13H,2,5-9,11-12H2,1H3,(H,16,17). The second-order valence-corrected chi connectivity index (χ2v) is 4.32. The molecule has 0 aliphatic carbocycles. The third kappa shape index (κ3) is 14.4. The summed E-state index contributed by atoms with van der Waals surface area (Å²) in [6.07, 6.45) is 12.9. The first-order chi connectivity index (χ1) is 9.16. The van der Waals surface area contributed by atoms with Crippen molar-refractivity contribution in [3.63, 3.8) is 0 Å². The van der Waals surface area contributed by atoms with Crippen LogP contribution < -0.4 is 0 Å². The fourth-order valence-electron chi connectivity index (χ4n) is 1.51. The van der Waals surface area contributed by atoms with Crippen LogP contribution in [0.25, 0.3) is 0 Å². The first kappa shape index (κ1) is 17.4. The summed E-state index contributed by atoms with van der Waals surface area (Å²) in [5.41, 5.74) is 0. The Morgan fingerprint density at radius 3 is 2.26 bits per heavy atom. The molecule has 0 amide bonds. The van der Waals surface area contributed by atoms with Gasteiger partial charge in [-0.3, -0.25) is 9.59 Å². The van der Waals surface area contributed by atoms with Crippen molar-refractivity contribution in [1.29, 1.82) is 0 Å². The fraction of sp³-hybridized carbons (Fsp3) is 0.600. The minimum absolute atomic E-state index is 0.216. The number of carboxylic acid groups (broad SMARTS) is 1. The van der Waals surface area contributed by atoms with Crippen LogP contribution in [0.5, 0.6) is 0 Å². The number of rotatable bonds is 11. The quantitative estimate of drug-likeness (QED) is 0.268. The van der Waals surface area contributed by atoms with Crippen LogP contribution in [-0.2, 0) is 14.3 Å². The van der Waals surface area contributed by atoms with Crippen molar-refractivity contribution in [1.82, 2.24) is 0 Å². The van der Waals surface area contributed by atoms with Gasteiger partial charge < -0.3 is 9.84 Å². The normalized spacial score (nSPS) is 11.2. The Hall–Kier alpha value is -1.58. The molecule has 0 radical (unpaired) electrons. The highest BCUT2D eigenvalue weighted by atomic mass is 16.5. The van der Waals surface area contributed by atoms with Crippen LogP contribution in [0.2, 0.25) is 0 Å². The highest BCUT2D eigenvalue weighted by Crippen LogP contribution is 2.07. The van der Waals surface area contributed by atoms with Crippen molar-refractivity contribution in [2.75, 3.05) is 0 Å². The summed E-state index contributed by atoms with van der Waals surface area (Å²) in [6.45, 7) is 2.03. The molecule has 0 atom stereocenters. The molecule has 0 aromatic rings. The first-order valence-corrected chi connectivity index (χ1v) is 6.89. The summed E-state index contributed by atoms with van der Waals surface area (Å²) in [5, 5.41) is 8.45. The van der Waals surface area contributed by atoms with Gasteiger partial charge in [-0.1, -0.05) is 38.3 Å². The molecule has 0 aliphatic rings. The lowest BCUT2D eigenvalue weighted by molar-refractivity contribution is -0.138. The molecule has 19 heavy (non-hydrogen) atoms. The molecule has 0 bridgehead atoms. The Labute approximate surface area is 115 Å². The molecule has 4 heteroatoms. The molecular weight excluding hydrogens is 244 g/mol. The summed E-state index contributed by atoms with van der Waals surface area (Å²) in [6, 6.07) is 0. The predicted octanol–water partition coefficient (Wildman–Crippen LogP) is 3.82. The molecule has 0 aromatic heterocycles. The van der Waals surface area contributed by atoms with Gasteiger partial charge in [0.2, 0.25) is 0 Å². The number of aliphatic carboxylic acids is 1. The zero-order valence-corrected chi connectivity index (χ0v) is 11.6. The zero-order valence-electron chi connectivity index (χ0n) is 11.6. The molecule has 1 N–H and O–H groups in total. The Balaban J connectivity index is 3.36. The number of hydrogen-bond acceptors (Lipinski definition) is 3. The zero-order chi connectivity index (χ0) is 14.3. The van der Waals surface area contributed by atoms with Crippen molar-refractivity contribution in [3.8, 4) is 0 Å². The summed E-state index contributed by atoms with van der Waals surface area (Å²) < 4.78 is 4.90. The number of esters is 1. The maximum atomic E-state index is 11.3. The van der Waals surface area contributed by atoms with Crippen LogP contribution >= 0.6 is 0 Å². The molecule has 0 heterocycles. The van der Waals surface area contributed by atoms with E-state index in [0.29, 0.717) is 12.8 Å². The van der Waals surface area contributed by atoms with Crippen LogP contribution in [0.1, 0.15) is 58.3 Å². The van der Waals surface area contributed by atoms with Crippen LogP contribution in [0.3, 0.4) is 0 Å². The minimum atomic E-state index is -0.743. The molecule has 0 saturated carbocycles. The maximum Gasteiger partial charge on any atom is 0.310 e. The van der Waals surface area contributed by atoms with E-state index in [1.807, 2.05) is 19.1 Å². The minimum Gasteiger partial charge on any atom is -0.481 e. The Morgan fingerprint density at radius 2 is 1.63 bits per heavy atom. The van der Waals surface area contributed by atoms with Gasteiger partial charge in [0.15, 0.2) is 0 Å². The van der Waals surface area contributed by atoms with Crippen molar-refractivity contribution in [2.24, 2.45) is 0 Å². The van der Waals surface area contributed by atoms with E-state index in [1.165, 1.54) is 6.26 Å². The third-order valence-electron chi connectivity index (χ3n) is 2.53. The van der Waals surface area contributed by atoms with Gasteiger partial charge in [0, 0.05) is 12.8 Å². The van der Waals surface area contributed by atoms with Crippen molar-refractivity contribution in [3.05, 3.63) is 24.5 Å². The highest BCUT2D eigenvalue weighted by molar-refractivity contribution is 5.69. The first-order valence-electron chi connectivity index (χ1n) is 6.89. The summed E-state index contributed by atoms with van der Waals surface area (Å²) in [4.78, 5) is 21.5. The molecule has 0 aromatic carbocycles. The van der Waals surface area contributed by atoms with E-state index in [0.717, 1.165) is 32.1 Å². The summed E-state index contributed by atoms with van der Waals surface area (Å²) in [7, 11) is 0. The number of ether oxygens (including phenoxy) is 1. The van der Waals surface area contributed by atoms with Crippen LogP contribution in [0.4, 0.5) is 0 Å². The fourth-order valence-corrected chi connectivity index (χ4v) is 1.51. The smallest absolute Gasteiger partial charge is 0.310 e. The van der Waals surface area contributed by atoms with Crippen LogP contribution in [0, 0.1) is 0 Å². The average Bonchev–Trinajstić information content (AvgIpc) is 2.37. The lowest BCUT2D eigenvalue weighted by Gasteiger charge is -2.00. The van der Waals surface area contributed by atoms with E-state index in [4.69, 9.17) is 9.84 Å². The summed E-state index contributed by atoms with van der Waals surface area (Å²) >= 11 is 0. The van der Waals surface area contributed by atoms with Crippen molar-refractivity contribution < 1.29 is 19.4 Å². The van der Waals surface area contributed by atoms with Gasteiger partial charge in [-0.05, 0) is 25.3 Å². The van der Waals surface area contributed by atoms with Gasteiger partial charge >= 0.3 is 11.9 Å². The number of carbonyl (C=O) groups excluding carboxylic acids is 1. The number of carbonyl (C=O) groups is 2. The number of carboxylic acids is 1. The van der Waals surface area contributed by atoms with Gasteiger partial charge in [0.1, 0.15) is 0 Å². The highest BCUT2D eigenvalue weighted by Gasteiger charge is 2.01. The van der Waals surface area contributed by atoms with Crippen LogP contribution in [0.15, 0.2) is 24.5 Å². The second kappa shape index (κ2) is 12.9. The largest absolute Gasteiger partial charge is 0.481 e. The molecule has 4 nitrogen and oxygen atoms in total. The molecule has 108 valence electrons. The number of unbranched alkanes of at least 4 members (excludes halogenated alkanes) is 4. The van der Waals surface area contributed by atoms with Crippen LogP contribution in [-0.4, -0.2) is 17.0 Å². The van der Waals surface area contributed by atoms with Crippen molar-refractivity contribution in [2.45, 2.75) is 58.3 Å². The third-order valence-corrected chi connectivity index (χ3v) is 2.53. The van der Waals surface area contributed by atoms with Crippen molar-refractivity contribution >= 4 is 11.9 Å². The molecular formula is C15H24O4.